The predicted molar refractivity (Wildman–Crippen MR) is 205 cm³/mol. The number of phenolic OH excluding ortho intramolecular Hbond substituents is 1. The van der Waals surface area contributed by atoms with Gasteiger partial charge in [-0.15, -0.1) is 0 Å². The molecule has 9 atom stereocenters. The van der Waals surface area contributed by atoms with E-state index in [0.29, 0.717) is 11.3 Å². The lowest BCUT2D eigenvalue weighted by molar-refractivity contribution is -0.143. The minimum atomic E-state index is -1.85. The van der Waals surface area contributed by atoms with Crippen LogP contribution in [0, 0.1) is 5.92 Å². The minimum absolute atomic E-state index is 0.0111. The number of carbonyl (C=O) groups excluding carboxylic acids is 7. The van der Waals surface area contributed by atoms with Gasteiger partial charge in [-0.2, -0.15) is 0 Å². The Bertz CT molecular complexity index is 1760. The number of rotatable bonds is 24. The van der Waals surface area contributed by atoms with E-state index in [1.807, 2.05) is 0 Å². The van der Waals surface area contributed by atoms with Crippen LogP contribution in [0.1, 0.15) is 51.8 Å². The number of carboxylic acid groups (broad SMARTS) is 1. The van der Waals surface area contributed by atoms with Crippen LogP contribution in [0.2, 0.25) is 0 Å². The number of aromatic hydroxyl groups is 1. The molecule has 16 N–H and O–H groups in total. The highest BCUT2D eigenvalue weighted by atomic mass is 16.4. The molecular weight excluding hydrogens is 780 g/mol. The van der Waals surface area contributed by atoms with Crippen LogP contribution < -0.4 is 43.4 Å². The number of hydrogen-bond acceptors (Lipinski definition) is 14. The average Bonchev–Trinajstić information content (AvgIpc) is 3.67. The maximum Gasteiger partial charge on any atom is 0.328 e. The van der Waals surface area contributed by atoms with E-state index < -0.39 is 115 Å². The van der Waals surface area contributed by atoms with Crippen LogP contribution in [0.15, 0.2) is 36.8 Å². The van der Waals surface area contributed by atoms with Crippen molar-refractivity contribution in [2.45, 2.75) is 108 Å². The van der Waals surface area contributed by atoms with Crippen molar-refractivity contribution in [3.05, 3.63) is 48.0 Å². The number of amides is 7. The smallest absolute Gasteiger partial charge is 0.328 e. The van der Waals surface area contributed by atoms with Gasteiger partial charge in [-0.05, 0) is 50.3 Å². The number of nitrogens with two attached hydrogens (primary N) is 2. The summed E-state index contributed by atoms with van der Waals surface area (Å²) in [5.74, 6) is -9.19. The summed E-state index contributed by atoms with van der Waals surface area (Å²) >= 11 is 0. The van der Waals surface area contributed by atoms with Crippen LogP contribution >= 0.6 is 0 Å². The van der Waals surface area contributed by atoms with E-state index in [0.717, 1.165) is 13.8 Å². The van der Waals surface area contributed by atoms with E-state index in [-0.39, 0.29) is 30.9 Å². The molecule has 1 heterocycles. The number of aliphatic hydroxyl groups excluding tert-OH is 3. The van der Waals surface area contributed by atoms with E-state index in [9.17, 15) is 63.9 Å². The molecule has 59 heavy (non-hydrogen) atoms. The van der Waals surface area contributed by atoms with Crippen molar-refractivity contribution in [2.75, 3.05) is 6.61 Å². The summed E-state index contributed by atoms with van der Waals surface area (Å²) in [6.45, 7) is 4.71. The van der Waals surface area contributed by atoms with Crippen LogP contribution in [-0.4, -0.2) is 144 Å². The van der Waals surface area contributed by atoms with Gasteiger partial charge >= 0.3 is 5.97 Å². The standard InChI is InChI=1S/C36H54N10O13/c1-16(2)9-23(31(53)42-24(11-20-13-39-15-40-20)32(54)44-26(14-47)36(58)59)41-33(55)25(12-27(38)51)43-34(56)28(17(3)48)46-35(57)29(18(4)49)45-30(52)22(37)10-19-5-7-21(50)8-6-19/h5-8,13,15-18,22-26,28-29,47-50H,9-12,14,37H2,1-4H3,(H2,38,51)(H,39,40)(H,41,55)(H,42,53)(H,43,56)(H,44,54)(H,45,52)(H,46,57)(H,58,59)/t17-,18-,22+,23+,24+,25+,26+,28+,29+/m1/s1. The van der Waals surface area contributed by atoms with Crippen molar-refractivity contribution in [1.29, 1.82) is 0 Å². The zero-order chi connectivity index (χ0) is 44.6. The quantitative estimate of drug-likeness (QED) is 0.0470. The second-order valence-corrected chi connectivity index (χ2v) is 14.3. The number of imidazole rings is 1. The Morgan fingerprint density at radius 2 is 1.19 bits per heavy atom. The van der Waals surface area contributed by atoms with Crippen LogP contribution in [0.3, 0.4) is 0 Å². The van der Waals surface area contributed by atoms with E-state index in [4.69, 9.17) is 11.5 Å². The first-order chi connectivity index (χ1) is 27.6. The molecule has 0 unspecified atom stereocenters. The first kappa shape index (κ1) is 49.0. The van der Waals surface area contributed by atoms with Crippen LogP contribution in [0.25, 0.3) is 0 Å². The highest BCUT2D eigenvalue weighted by Crippen LogP contribution is 2.12. The van der Waals surface area contributed by atoms with Crippen LogP contribution in [0.5, 0.6) is 5.75 Å². The number of aromatic nitrogens is 2. The number of aromatic amines is 1. The fourth-order valence-electron chi connectivity index (χ4n) is 5.50. The van der Waals surface area contributed by atoms with Gasteiger partial charge in [0.15, 0.2) is 0 Å². The number of hydrogen-bond donors (Lipinski definition) is 14. The molecule has 1 aromatic carbocycles. The van der Waals surface area contributed by atoms with Gasteiger partial charge in [0.1, 0.15) is 42.0 Å². The summed E-state index contributed by atoms with van der Waals surface area (Å²) in [6, 6.07) is -5.32. The SMILES string of the molecule is CC(C)C[C@H](NC(=O)[C@H](CC(N)=O)NC(=O)[C@@H](NC(=O)[C@@H](NC(=O)[C@@H](N)Cc1ccc(O)cc1)[C@@H](C)O)[C@@H](C)O)C(=O)N[C@@H](Cc1cnc[nH]1)C(=O)N[C@@H](CO)C(=O)O. The van der Waals surface area contributed by atoms with Gasteiger partial charge in [0.25, 0.3) is 0 Å². The lowest BCUT2D eigenvalue weighted by atomic mass is 10.0. The topological polar surface area (TPSA) is 391 Å². The number of primary amides is 1. The van der Waals surface area contributed by atoms with Gasteiger partial charge in [-0.3, -0.25) is 33.6 Å². The molecule has 0 aliphatic carbocycles. The Labute approximate surface area is 338 Å². The Balaban J connectivity index is 2.26. The molecule has 7 amide bonds. The summed E-state index contributed by atoms with van der Waals surface area (Å²) in [5.41, 5.74) is 12.3. The largest absolute Gasteiger partial charge is 0.508 e. The van der Waals surface area contributed by atoms with Crippen molar-refractivity contribution in [3.63, 3.8) is 0 Å². The van der Waals surface area contributed by atoms with Crippen LogP contribution in [-0.2, 0) is 51.2 Å². The third-order valence-corrected chi connectivity index (χ3v) is 8.64. The summed E-state index contributed by atoms with van der Waals surface area (Å²) < 4.78 is 0. The minimum Gasteiger partial charge on any atom is -0.508 e. The number of aliphatic carboxylic acids is 1. The number of phenols is 1. The Hall–Kier alpha value is -6.17. The van der Waals surface area contributed by atoms with Crippen molar-refractivity contribution in [1.82, 2.24) is 41.9 Å². The summed E-state index contributed by atoms with van der Waals surface area (Å²) in [7, 11) is 0. The van der Waals surface area contributed by atoms with Gasteiger partial charge in [0, 0.05) is 18.3 Å². The van der Waals surface area contributed by atoms with Gasteiger partial charge in [-0.25, -0.2) is 9.78 Å². The fraction of sp³-hybridized carbons (Fsp3) is 0.528. The van der Waals surface area contributed by atoms with E-state index in [1.54, 1.807) is 13.8 Å². The molecule has 0 saturated carbocycles. The molecule has 23 heteroatoms. The molecule has 23 nitrogen and oxygen atoms in total. The Morgan fingerprint density at radius 1 is 0.695 bits per heavy atom. The number of carboxylic acids is 1. The highest BCUT2D eigenvalue weighted by molar-refractivity contribution is 5.98. The monoisotopic (exact) mass is 834 g/mol. The number of nitrogens with zero attached hydrogens (tertiary/aromatic N) is 1. The molecule has 2 aromatic rings. The first-order valence-corrected chi connectivity index (χ1v) is 18.4. The molecule has 0 aliphatic rings. The third-order valence-electron chi connectivity index (χ3n) is 8.64. The second-order valence-electron chi connectivity index (χ2n) is 14.3. The average molecular weight is 835 g/mol. The van der Waals surface area contributed by atoms with Crippen LogP contribution in [0.4, 0.5) is 0 Å². The van der Waals surface area contributed by atoms with Crippen molar-refractivity contribution in [2.24, 2.45) is 17.4 Å². The fourth-order valence-corrected chi connectivity index (χ4v) is 5.50. The van der Waals surface area contributed by atoms with E-state index >= 15 is 0 Å². The first-order valence-electron chi connectivity index (χ1n) is 18.4. The molecule has 326 valence electrons. The molecule has 0 fully saturated rings. The molecular formula is C36H54N10O13. The summed E-state index contributed by atoms with van der Waals surface area (Å²) in [4.78, 5) is 110. The Kier molecular flexibility index (Phi) is 19.3. The third kappa shape index (κ3) is 16.3. The maximum atomic E-state index is 13.6. The van der Waals surface area contributed by atoms with E-state index in [2.05, 4.69) is 41.9 Å². The summed E-state index contributed by atoms with van der Waals surface area (Å²) in [5, 5.41) is 62.7. The number of carbonyl (C=O) groups is 8. The molecule has 0 saturated heterocycles. The summed E-state index contributed by atoms with van der Waals surface area (Å²) in [6.07, 6.45) is -1.70. The van der Waals surface area contributed by atoms with Gasteiger partial charge in [-0.1, -0.05) is 26.0 Å². The van der Waals surface area contributed by atoms with Gasteiger partial charge in [0.2, 0.25) is 41.4 Å². The lowest BCUT2D eigenvalue weighted by Gasteiger charge is -2.29. The lowest BCUT2D eigenvalue weighted by Crippen LogP contribution is -2.63. The Morgan fingerprint density at radius 3 is 1.68 bits per heavy atom. The van der Waals surface area contributed by atoms with E-state index in [1.165, 1.54) is 36.8 Å². The van der Waals surface area contributed by atoms with Gasteiger partial charge < -0.3 is 73.9 Å². The maximum absolute atomic E-state index is 13.6. The molecule has 0 spiro atoms. The zero-order valence-corrected chi connectivity index (χ0v) is 32.9. The molecule has 0 aliphatic heterocycles. The van der Waals surface area contributed by atoms with Gasteiger partial charge in [0.05, 0.1) is 37.6 Å². The number of H-pyrrole nitrogens is 1. The van der Waals surface area contributed by atoms with Crippen molar-refractivity contribution >= 4 is 47.3 Å². The number of benzene rings is 1. The molecule has 2 rings (SSSR count). The molecule has 0 bridgehead atoms. The number of nitrogens with one attached hydrogen (secondary N) is 7. The second kappa shape index (κ2) is 23.3. The number of aliphatic hydroxyl groups is 3. The predicted octanol–water partition coefficient (Wildman–Crippen LogP) is -5.10. The molecule has 1 aromatic heterocycles. The highest BCUT2D eigenvalue weighted by Gasteiger charge is 2.36. The molecule has 0 radical (unpaired) electrons. The normalized spacial score (nSPS) is 15.7. The zero-order valence-electron chi connectivity index (χ0n) is 32.9. The van der Waals surface area contributed by atoms with Crippen molar-refractivity contribution < 1.29 is 63.9 Å². The van der Waals surface area contributed by atoms with Crippen molar-refractivity contribution in [3.8, 4) is 5.75 Å².